The average molecular weight is 500 g/mol. The van der Waals surface area contributed by atoms with Crippen LogP contribution in [-0.4, -0.2) is 57.3 Å². The normalized spacial score (nSPS) is 23.0. The summed E-state index contributed by atoms with van der Waals surface area (Å²) in [6.45, 7) is 7.16. The van der Waals surface area contributed by atoms with Gasteiger partial charge in [-0.25, -0.2) is 9.97 Å². The lowest BCUT2D eigenvalue weighted by Crippen LogP contribution is -2.48. The van der Waals surface area contributed by atoms with Gasteiger partial charge in [0.1, 0.15) is 5.82 Å². The van der Waals surface area contributed by atoms with Gasteiger partial charge in [-0.1, -0.05) is 26.8 Å². The Balaban J connectivity index is 0.00000158. The molecule has 2 N–H and O–H groups in total. The van der Waals surface area contributed by atoms with Crippen molar-refractivity contribution in [3.05, 3.63) is 34.3 Å². The molecule has 34 heavy (non-hydrogen) atoms. The summed E-state index contributed by atoms with van der Waals surface area (Å²) >= 11 is 1.36. The fourth-order valence-electron chi connectivity index (χ4n) is 4.30. The molecule has 3 aliphatic rings. The topological polar surface area (TPSA) is 92.4 Å². The van der Waals surface area contributed by atoms with Crippen molar-refractivity contribution in [2.45, 2.75) is 70.5 Å². The molecule has 1 aromatic rings. The van der Waals surface area contributed by atoms with Gasteiger partial charge in [0.25, 0.3) is 0 Å². The number of rotatable bonds is 5. The predicted molar refractivity (Wildman–Crippen MR) is 125 cm³/mol. The van der Waals surface area contributed by atoms with Crippen LogP contribution in [-0.2, 0) is 28.7 Å². The number of thioether (sulfide) groups is 1. The van der Waals surface area contributed by atoms with Gasteiger partial charge in [0.05, 0.1) is 17.5 Å². The van der Waals surface area contributed by atoms with E-state index < -0.39 is 17.9 Å². The maximum absolute atomic E-state index is 13.6. The quantitative estimate of drug-likeness (QED) is 0.665. The Labute approximate surface area is 202 Å². The number of piperidine rings is 1. The second-order valence-corrected chi connectivity index (χ2v) is 9.76. The van der Waals surface area contributed by atoms with Crippen LogP contribution in [0.5, 0.6) is 0 Å². The van der Waals surface area contributed by atoms with Gasteiger partial charge in [-0.05, 0) is 24.2 Å². The van der Waals surface area contributed by atoms with Gasteiger partial charge < -0.3 is 15.5 Å². The Bertz CT molecular complexity index is 940. The molecule has 3 aliphatic heterocycles. The Morgan fingerprint density at radius 3 is 2.62 bits per heavy atom. The van der Waals surface area contributed by atoms with Crippen molar-refractivity contribution in [3.8, 4) is 0 Å². The molecule has 7 nitrogen and oxygen atoms in total. The molecule has 0 saturated carbocycles. The fraction of sp³-hybridized carbons (Fsp3) is 0.652. The lowest BCUT2D eigenvalue weighted by atomic mass is 9.98. The Kier molecular flexibility index (Phi) is 8.62. The smallest absolute Gasteiger partial charge is 0.341 e. The number of fused-ring (bicyclic) bond motifs is 1. The molecule has 188 valence electrons. The third-order valence-electron chi connectivity index (χ3n) is 6.06. The molecule has 0 aliphatic carbocycles. The van der Waals surface area contributed by atoms with Crippen LogP contribution in [0.2, 0.25) is 0 Å². The summed E-state index contributed by atoms with van der Waals surface area (Å²) in [4.78, 5) is 36.3. The van der Waals surface area contributed by atoms with Gasteiger partial charge >= 0.3 is 6.18 Å². The second-order valence-electron chi connectivity index (χ2n) is 8.71. The van der Waals surface area contributed by atoms with E-state index in [4.69, 9.17) is 5.73 Å². The molecule has 4 heterocycles. The summed E-state index contributed by atoms with van der Waals surface area (Å²) in [7, 11) is 0. The molecule has 11 heteroatoms. The Morgan fingerprint density at radius 1 is 1.29 bits per heavy atom. The molecule has 1 aromatic heterocycles. The molecule has 2 amide bonds. The lowest BCUT2D eigenvalue weighted by Gasteiger charge is -2.34. The third-order valence-corrected chi connectivity index (χ3v) is 7.04. The van der Waals surface area contributed by atoms with Crippen molar-refractivity contribution < 1.29 is 22.8 Å². The summed E-state index contributed by atoms with van der Waals surface area (Å²) in [6, 6.07) is -0.527. The van der Waals surface area contributed by atoms with Crippen LogP contribution < -0.4 is 5.73 Å². The van der Waals surface area contributed by atoms with Crippen molar-refractivity contribution >= 4 is 23.6 Å². The first kappa shape index (κ1) is 26.5. The van der Waals surface area contributed by atoms with Crippen LogP contribution in [0.4, 0.5) is 13.2 Å². The van der Waals surface area contributed by atoms with Crippen LogP contribution in [0.1, 0.15) is 68.1 Å². The van der Waals surface area contributed by atoms with Gasteiger partial charge in [-0.2, -0.15) is 13.2 Å². The standard InChI is InChI=1S/C21H26F3N5O2S.C2H6/c1-12-2-3-17(30)29(9-12)10-13(25)8-18(31)28-6-4-14-15(11-28)26-20(16-5-7-32-16)27-19(14)21(22,23)24;1-2/h5,7,12-13,16H,2-4,6,8-11,25H2,1H3;1-2H3/t12-,13+,16?;/m1./s1. The van der Waals surface area contributed by atoms with Crippen LogP contribution in [0, 0.1) is 5.92 Å². The number of alkyl halides is 3. The lowest BCUT2D eigenvalue weighted by molar-refractivity contribution is -0.142. The molecule has 0 radical (unpaired) electrons. The van der Waals surface area contributed by atoms with Crippen LogP contribution in [0.25, 0.3) is 0 Å². The summed E-state index contributed by atoms with van der Waals surface area (Å²) < 4.78 is 40.8. The minimum atomic E-state index is -4.58. The van der Waals surface area contributed by atoms with E-state index in [1.165, 1.54) is 16.7 Å². The molecule has 1 fully saturated rings. The highest BCUT2D eigenvalue weighted by Gasteiger charge is 2.40. The summed E-state index contributed by atoms with van der Waals surface area (Å²) in [5, 5.41) is 1.48. The molecule has 4 rings (SSSR count). The van der Waals surface area contributed by atoms with E-state index in [1.807, 2.05) is 13.8 Å². The van der Waals surface area contributed by atoms with Gasteiger partial charge in [-0.15, -0.1) is 11.8 Å². The summed E-state index contributed by atoms with van der Waals surface area (Å²) in [6.07, 6.45) is -1.41. The number of carbonyl (C=O) groups excluding carboxylic acids is 2. The number of carbonyl (C=O) groups is 2. The molecule has 1 unspecified atom stereocenters. The van der Waals surface area contributed by atoms with E-state index in [2.05, 4.69) is 16.9 Å². The number of hydrogen-bond acceptors (Lipinski definition) is 6. The number of nitrogens with zero attached hydrogens (tertiary/aromatic N) is 4. The molecular formula is C23H32F3N5O2S. The summed E-state index contributed by atoms with van der Waals surface area (Å²) in [5.41, 5.74) is 5.57. The molecule has 0 aromatic carbocycles. The first-order valence-corrected chi connectivity index (χ1v) is 12.7. The highest BCUT2D eigenvalue weighted by atomic mass is 32.2. The highest BCUT2D eigenvalue weighted by molar-refractivity contribution is 8.03. The van der Waals surface area contributed by atoms with Gasteiger partial charge in [-0.3, -0.25) is 9.59 Å². The van der Waals surface area contributed by atoms with E-state index in [0.717, 1.165) is 6.42 Å². The van der Waals surface area contributed by atoms with Crippen molar-refractivity contribution in [1.82, 2.24) is 19.8 Å². The SMILES string of the molecule is CC.C[C@@H]1CCC(=O)N(C[C@@H](N)CC(=O)N2CCc3c(nc(C4C=CS4)nc3C(F)(F)F)C2)C1. The van der Waals surface area contributed by atoms with E-state index in [1.54, 1.807) is 16.4 Å². The van der Waals surface area contributed by atoms with Crippen molar-refractivity contribution in [2.75, 3.05) is 19.6 Å². The van der Waals surface area contributed by atoms with Crippen molar-refractivity contribution in [3.63, 3.8) is 0 Å². The van der Waals surface area contributed by atoms with Gasteiger partial charge in [0.2, 0.25) is 11.8 Å². The zero-order chi connectivity index (χ0) is 25.0. The number of likely N-dealkylation sites (tertiary alicyclic amines) is 1. The highest BCUT2D eigenvalue weighted by Crippen LogP contribution is 2.40. The average Bonchev–Trinajstić information content (AvgIpc) is 2.74. The maximum atomic E-state index is 13.6. The van der Waals surface area contributed by atoms with Crippen LogP contribution >= 0.6 is 11.8 Å². The largest absolute Gasteiger partial charge is 0.433 e. The monoisotopic (exact) mass is 499 g/mol. The van der Waals surface area contributed by atoms with Gasteiger partial charge in [0, 0.05) is 44.1 Å². The van der Waals surface area contributed by atoms with E-state index in [-0.39, 0.29) is 60.1 Å². The molecule has 3 atom stereocenters. The van der Waals surface area contributed by atoms with E-state index in [9.17, 15) is 22.8 Å². The van der Waals surface area contributed by atoms with E-state index >= 15 is 0 Å². The minimum Gasteiger partial charge on any atom is -0.341 e. The number of halogens is 3. The first-order chi connectivity index (χ1) is 16.1. The number of aromatic nitrogens is 2. The summed E-state index contributed by atoms with van der Waals surface area (Å²) in [5.74, 6) is 0.318. The van der Waals surface area contributed by atoms with Crippen LogP contribution in [0.3, 0.4) is 0 Å². The first-order valence-electron chi connectivity index (χ1n) is 11.7. The minimum absolute atomic E-state index is 0.000264. The number of amides is 2. The maximum Gasteiger partial charge on any atom is 0.433 e. The van der Waals surface area contributed by atoms with E-state index in [0.29, 0.717) is 25.4 Å². The zero-order valence-electron chi connectivity index (χ0n) is 19.8. The second kappa shape index (κ2) is 11.1. The number of hydrogen-bond donors (Lipinski definition) is 1. The molecular weight excluding hydrogens is 467 g/mol. The molecule has 0 spiro atoms. The zero-order valence-corrected chi connectivity index (χ0v) is 20.6. The van der Waals surface area contributed by atoms with Crippen molar-refractivity contribution in [1.29, 1.82) is 0 Å². The fourth-order valence-corrected chi connectivity index (χ4v) is 4.84. The third kappa shape index (κ3) is 6.10. The van der Waals surface area contributed by atoms with Crippen LogP contribution in [0.15, 0.2) is 11.5 Å². The molecule has 1 saturated heterocycles. The Hall–Kier alpha value is -2.14. The van der Waals surface area contributed by atoms with Crippen molar-refractivity contribution in [2.24, 2.45) is 11.7 Å². The number of nitrogens with two attached hydrogens (primary N) is 1. The molecule has 0 bridgehead atoms. The Morgan fingerprint density at radius 2 is 2.00 bits per heavy atom. The predicted octanol–water partition coefficient (Wildman–Crippen LogP) is 3.68. The van der Waals surface area contributed by atoms with Gasteiger partial charge in [0.15, 0.2) is 5.69 Å².